The van der Waals surface area contributed by atoms with Gasteiger partial charge in [0.2, 0.25) is 5.43 Å². The van der Waals surface area contributed by atoms with Gasteiger partial charge in [0, 0.05) is 24.5 Å². The van der Waals surface area contributed by atoms with Crippen LogP contribution in [0.25, 0.3) is 11.0 Å². The Morgan fingerprint density at radius 3 is 2.53 bits per heavy atom. The standard InChI is InChI=1S/C22H22N4O6/c1-5-25-10-16(20(28)15-7-6-14(4)23-21(15)25)22(29)32-11-19(27)24-17-8-12(2)13(3)9-18(17)26(30)31/h6-10H,5,11H2,1-4H3,(H,24,27). The van der Waals surface area contributed by atoms with Crippen LogP contribution < -0.4 is 10.7 Å². The van der Waals surface area contributed by atoms with E-state index in [1.165, 1.54) is 18.3 Å². The number of esters is 1. The maximum Gasteiger partial charge on any atom is 0.344 e. The molecule has 0 aliphatic carbocycles. The van der Waals surface area contributed by atoms with E-state index in [1.807, 2.05) is 6.92 Å². The average Bonchev–Trinajstić information content (AvgIpc) is 2.74. The van der Waals surface area contributed by atoms with Crippen LogP contribution in [0.5, 0.6) is 0 Å². The van der Waals surface area contributed by atoms with Crippen molar-refractivity contribution >= 4 is 34.3 Å². The highest BCUT2D eigenvalue weighted by atomic mass is 16.6. The number of ether oxygens (including phenoxy) is 1. The molecular weight excluding hydrogens is 416 g/mol. The highest BCUT2D eigenvalue weighted by molar-refractivity contribution is 5.98. The summed E-state index contributed by atoms with van der Waals surface area (Å²) in [5, 5.41) is 13.9. The molecule has 0 saturated heterocycles. The van der Waals surface area contributed by atoms with Crippen LogP contribution in [0, 0.1) is 30.9 Å². The number of benzene rings is 1. The third-order valence-corrected chi connectivity index (χ3v) is 5.04. The van der Waals surface area contributed by atoms with Crippen LogP contribution in [0.15, 0.2) is 35.3 Å². The molecule has 0 atom stereocenters. The Morgan fingerprint density at radius 2 is 1.88 bits per heavy atom. The van der Waals surface area contributed by atoms with Crippen molar-refractivity contribution in [3.63, 3.8) is 0 Å². The van der Waals surface area contributed by atoms with Gasteiger partial charge in [0.25, 0.3) is 11.6 Å². The SMILES string of the molecule is CCn1cc(C(=O)OCC(=O)Nc2cc(C)c(C)cc2[N+](=O)[O-])c(=O)c2ccc(C)nc21. The minimum absolute atomic E-state index is 0.000336. The number of nitrogens with zero attached hydrogens (tertiary/aromatic N) is 3. The first-order valence-electron chi connectivity index (χ1n) is 9.85. The number of fused-ring (bicyclic) bond motifs is 1. The predicted molar refractivity (Wildman–Crippen MR) is 118 cm³/mol. The smallest absolute Gasteiger partial charge is 0.344 e. The molecule has 166 valence electrons. The monoisotopic (exact) mass is 438 g/mol. The van der Waals surface area contributed by atoms with E-state index < -0.39 is 28.8 Å². The van der Waals surface area contributed by atoms with Gasteiger partial charge in [-0.1, -0.05) is 0 Å². The number of carbonyl (C=O) groups is 2. The van der Waals surface area contributed by atoms with Gasteiger partial charge in [-0.15, -0.1) is 0 Å². The second kappa shape index (κ2) is 8.96. The van der Waals surface area contributed by atoms with Crippen molar-refractivity contribution in [3.05, 3.63) is 73.2 Å². The third-order valence-electron chi connectivity index (χ3n) is 5.04. The van der Waals surface area contributed by atoms with E-state index in [-0.39, 0.29) is 22.3 Å². The molecule has 0 radical (unpaired) electrons. The quantitative estimate of drug-likeness (QED) is 0.355. The van der Waals surface area contributed by atoms with Gasteiger partial charge in [0.05, 0.1) is 10.3 Å². The molecule has 2 aromatic heterocycles. The lowest BCUT2D eigenvalue weighted by atomic mass is 10.1. The number of nitro benzene ring substituents is 1. The Morgan fingerprint density at radius 1 is 1.19 bits per heavy atom. The number of pyridine rings is 2. The fourth-order valence-electron chi connectivity index (χ4n) is 3.19. The number of nitro groups is 1. The molecule has 3 rings (SSSR count). The van der Waals surface area contributed by atoms with Gasteiger partial charge in [0.1, 0.15) is 16.9 Å². The summed E-state index contributed by atoms with van der Waals surface area (Å²) in [6, 6.07) is 6.09. The zero-order valence-electron chi connectivity index (χ0n) is 18.1. The van der Waals surface area contributed by atoms with E-state index in [4.69, 9.17) is 4.74 Å². The fourth-order valence-corrected chi connectivity index (χ4v) is 3.19. The molecule has 1 N–H and O–H groups in total. The first kappa shape index (κ1) is 22.6. The van der Waals surface area contributed by atoms with Gasteiger partial charge in [-0.05, 0) is 57.0 Å². The second-order valence-electron chi connectivity index (χ2n) is 7.32. The zero-order valence-corrected chi connectivity index (χ0v) is 18.1. The lowest BCUT2D eigenvalue weighted by molar-refractivity contribution is -0.384. The van der Waals surface area contributed by atoms with Crippen molar-refractivity contribution in [2.45, 2.75) is 34.2 Å². The average molecular weight is 438 g/mol. The maximum atomic E-state index is 12.7. The van der Waals surface area contributed by atoms with Crippen LogP contribution in [-0.4, -0.2) is 33.0 Å². The van der Waals surface area contributed by atoms with Crippen molar-refractivity contribution in [1.82, 2.24) is 9.55 Å². The van der Waals surface area contributed by atoms with Gasteiger partial charge in [0.15, 0.2) is 6.61 Å². The largest absolute Gasteiger partial charge is 0.452 e. The number of hydrogen-bond donors (Lipinski definition) is 1. The number of nitrogens with one attached hydrogen (secondary N) is 1. The van der Waals surface area contributed by atoms with E-state index >= 15 is 0 Å². The molecule has 0 aliphatic rings. The molecule has 3 aromatic rings. The Labute approximate surface area is 183 Å². The lowest BCUT2D eigenvalue weighted by Crippen LogP contribution is -2.25. The molecule has 0 bridgehead atoms. The van der Waals surface area contributed by atoms with Crippen molar-refractivity contribution in [3.8, 4) is 0 Å². The molecule has 2 heterocycles. The maximum absolute atomic E-state index is 12.7. The van der Waals surface area contributed by atoms with Crippen LogP contribution in [0.4, 0.5) is 11.4 Å². The molecular formula is C22H22N4O6. The summed E-state index contributed by atoms with van der Waals surface area (Å²) in [5.41, 5.74) is 1.59. The van der Waals surface area contributed by atoms with Crippen LogP contribution in [-0.2, 0) is 16.1 Å². The van der Waals surface area contributed by atoms with E-state index in [9.17, 15) is 24.5 Å². The summed E-state index contributed by atoms with van der Waals surface area (Å²) in [6.45, 7) is 6.86. The third kappa shape index (κ3) is 4.48. The Bertz CT molecular complexity index is 1310. The van der Waals surface area contributed by atoms with Crippen LogP contribution >= 0.6 is 0 Å². The summed E-state index contributed by atoms with van der Waals surface area (Å²) in [7, 11) is 0. The fraction of sp³-hybridized carbons (Fsp3) is 0.273. The number of aromatic nitrogens is 2. The zero-order chi connectivity index (χ0) is 23.6. The molecule has 10 heteroatoms. The van der Waals surface area contributed by atoms with Crippen molar-refractivity contribution in [2.24, 2.45) is 0 Å². The topological polar surface area (TPSA) is 133 Å². The highest BCUT2D eigenvalue weighted by Crippen LogP contribution is 2.27. The number of carbonyl (C=O) groups excluding carboxylic acids is 2. The predicted octanol–water partition coefficient (Wildman–Crippen LogP) is 3.05. The number of hydrogen-bond acceptors (Lipinski definition) is 7. The lowest BCUT2D eigenvalue weighted by Gasteiger charge is -2.12. The number of amides is 1. The summed E-state index contributed by atoms with van der Waals surface area (Å²) >= 11 is 0. The molecule has 1 amide bonds. The van der Waals surface area contributed by atoms with Gasteiger partial charge < -0.3 is 14.6 Å². The molecule has 32 heavy (non-hydrogen) atoms. The van der Waals surface area contributed by atoms with Crippen molar-refractivity contribution < 1.29 is 19.2 Å². The normalized spacial score (nSPS) is 10.8. The van der Waals surface area contributed by atoms with Gasteiger partial charge in [-0.3, -0.25) is 19.7 Å². The highest BCUT2D eigenvalue weighted by Gasteiger charge is 2.21. The van der Waals surface area contributed by atoms with E-state index in [1.54, 1.807) is 37.5 Å². The molecule has 0 aliphatic heterocycles. The molecule has 1 aromatic carbocycles. The van der Waals surface area contributed by atoms with Crippen LogP contribution in [0.2, 0.25) is 0 Å². The van der Waals surface area contributed by atoms with Crippen molar-refractivity contribution in [1.29, 1.82) is 0 Å². The first-order chi connectivity index (χ1) is 15.1. The van der Waals surface area contributed by atoms with Crippen LogP contribution in [0.1, 0.15) is 34.1 Å². The first-order valence-corrected chi connectivity index (χ1v) is 9.85. The van der Waals surface area contributed by atoms with E-state index in [0.29, 0.717) is 17.8 Å². The second-order valence-corrected chi connectivity index (χ2v) is 7.32. The van der Waals surface area contributed by atoms with E-state index in [0.717, 1.165) is 11.3 Å². The number of anilines is 1. The molecule has 0 unspecified atom stereocenters. The molecule has 0 spiro atoms. The summed E-state index contributed by atoms with van der Waals surface area (Å²) < 4.78 is 6.67. The Hall–Kier alpha value is -4.08. The number of rotatable bonds is 6. The number of aryl methyl sites for hydroxylation is 4. The van der Waals surface area contributed by atoms with Crippen molar-refractivity contribution in [2.75, 3.05) is 11.9 Å². The van der Waals surface area contributed by atoms with Gasteiger partial charge in [-0.25, -0.2) is 9.78 Å². The molecule has 0 saturated carbocycles. The summed E-state index contributed by atoms with van der Waals surface area (Å²) in [4.78, 5) is 52.6. The molecule has 0 fully saturated rings. The van der Waals surface area contributed by atoms with Gasteiger partial charge in [-0.2, -0.15) is 0 Å². The Balaban J connectivity index is 1.80. The minimum Gasteiger partial charge on any atom is -0.452 e. The Kier molecular flexibility index (Phi) is 6.33. The minimum atomic E-state index is -0.968. The van der Waals surface area contributed by atoms with Crippen LogP contribution in [0.3, 0.4) is 0 Å². The summed E-state index contributed by atoms with van der Waals surface area (Å²) in [6.07, 6.45) is 1.35. The van der Waals surface area contributed by atoms with Gasteiger partial charge >= 0.3 is 5.97 Å². The summed E-state index contributed by atoms with van der Waals surface area (Å²) in [5.74, 6) is -1.73. The molecule has 10 nitrogen and oxygen atoms in total. The van der Waals surface area contributed by atoms with E-state index in [2.05, 4.69) is 10.3 Å².